The van der Waals surface area contributed by atoms with Crippen LogP contribution >= 0.6 is 0 Å². The van der Waals surface area contributed by atoms with Gasteiger partial charge in [0, 0.05) is 18.8 Å². The van der Waals surface area contributed by atoms with Crippen LogP contribution in [0.4, 0.5) is 5.69 Å². The predicted octanol–water partition coefficient (Wildman–Crippen LogP) is 6.65. The molecule has 1 rings (SSSR count). The van der Waals surface area contributed by atoms with Crippen LogP contribution in [-0.4, -0.2) is 49.7 Å². The maximum absolute atomic E-state index is 10.3. The number of anilines is 1. The van der Waals surface area contributed by atoms with Gasteiger partial charge in [-0.3, -0.25) is 4.79 Å². The second kappa shape index (κ2) is 14.7. The van der Waals surface area contributed by atoms with E-state index in [9.17, 15) is 4.79 Å². The van der Waals surface area contributed by atoms with Gasteiger partial charge < -0.3 is 13.8 Å². The first-order valence-electron chi connectivity index (χ1n) is 12.8. The van der Waals surface area contributed by atoms with Crippen LogP contribution < -0.4 is 4.90 Å². The summed E-state index contributed by atoms with van der Waals surface area (Å²) in [6, 6.07) is 8.72. The number of carbonyl (C=O) groups excluding carboxylic acids is 1. The fourth-order valence-electron chi connectivity index (χ4n) is 3.59. The molecular weight excluding hydrogens is 466 g/mol. The number of carbonyl (C=O) groups is 1. The summed E-state index contributed by atoms with van der Waals surface area (Å²) in [5.41, 5.74) is 2.42. The number of hydrogen-bond acceptors (Lipinski definition) is 4. The molecule has 2 unspecified atom stereocenters. The van der Waals surface area contributed by atoms with Crippen LogP contribution in [0.25, 0.3) is 6.08 Å². The van der Waals surface area contributed by atoms with Gasteiger partial charge >= 0.3 is 0 Å². The topological polar surface area (TPSA) is 38.8 Å². The standard InChI is InChI=1S/C29H49NO3Si2/c1-28(2,3)26(32-34(7)8)22-30(23-27(29(4,5)6)33-35(9)10)25-19-17-24(18-20-25)16-14-12-11-13-15-21-31/h11-21,26-27,34-35H,22-23H2,1-10H3. The first-order valence-corrected chi connectivity index (χ1v) is 18.4. The molecule has 35 heavy (non-hydrogen) atoms. The van der Waals surface area contributed by atoms with Crippen LogP contribution in [0.5, 0.6) is 0 Å². The molecule has 0 N–H and O–H groups in total. The van der Waals surface area contributed by atoms with Gasteiger partial charge in [-0.1, -0.05) is 84.1 Å². The first kappa shape index (κ1) is 31.3. The highest BCUT2D eigenvalue weighted by atomic mass is 28.3. The molecule has 1 aromatic carbocycles. The maximum Gasteiger partial charge on any atom is 0.171 e. The van der Waals surface area contributed by atoms with Crippen molar-refractivity contribution in [1.29, 1.82) is 0 Å². The van der Waals surface area contributed by atoms with Crippen LogP contribution in [0.2, 0.25) is 26.2 Å². The molecule has 0 aliphatic carbocycles. The normalized spacial score (nSPS) is 15.1. The minimum absolute atomic E-state index is 0.0493. The van der Waals surface area contributed by atoms with Crippen molar-refractivity contribution in [2.45, 2.75) is 79.9 Å². The molecule has 0 radical (unpaired) electrons. The number of nitrogens with zero attached hydrogens (tertiary/aromatic N) is 1. The Balaban J connectivity index is 3.24. The van der Waals surface area contributed by atoms with E-state index in [1.807, 2.05) is 18.2 Å². The van der Waals surface area contributed by atoms with Crippen molar-refractivity contribution in [3.8, 4) is 0 Å². The van der Waals surface area contributed by atoms with Crippen LogP contribution in [0.1, 0.15) is 47.1 Å². The number of benzene rings is 1. The highest BCUT2D eigenvalue weighted by molar-refractivity contribution is 6.48. The molecule has 0 aromatic heterocycles. The van der Waals surface area contributed by atoms with Gasteiger partial charge in [0.1, 0.15) is 6.29 Å². The highest BCUT2D eigenvalue weighted by Gasteiger charge is 2.32. The quantitative estimate of drug-likeness (QED) is 0.128. The van der Waals surface area contributed by atoms with Gasteiger partial charge in [-0.05, 0) is 60.8 Å². The molecule has 6 heteroatoms. The van der Waals surface area contributed by atoms with Crippen molar-refractivity contribution >= 4 is 36.1 Å². The molecule has 4 nitrogen and oxygen atoms in total. The molecule has 0 heterocycles. The lowest BCUT2D eigenvalue weighted by Gasteiger charge is -2.41. The minimum Gasteiger partial charge on any atom is -0.415 e. The molecule has 0 aliphatic rings. The summed E-state index contributed by atoms with van der Waals surface area (Å²) in [6.45, 7) is 24.3. The molecule has 0 saturated carbocycles. The zero-order chi connectivity index (χ0) is 26.6. The molecular formula is C29H49NO3Si2. The van der Waals surface area contributed by atoms with Crippen LogP contribution in [0.15, 0.2) is 54.6 Å². The number of allylic oxidation sites excluding steroid dienone is 5. The van der Waals surface area contributed by atoms with Gasteiger partial charge in [0.15, 0.2) is 18.1 Å². The number of aldehydes is 1. The average molecular weight is 516 g/mol. The van der Waals surface area contributed by atoms with Crippen molar-refractivity contribution in [2.24, 2.45) is 10.8 Å². The molecule has 0 fully saturated rings. The lowest BCUT2D eigenvalue weighted by molar-refractivity contribution is -0.104. The van der Waals surface area contributed by atoms with Gasteiger partial charge in [-0.2, -0.15) is 0 Å². The zero-order valence-corrected chi connectivity index (χ0v) is 26.1. The Morgan fingerprint density at radius 1 is 0.743 bits per heavy atom. The van der Waals surface area contributed by atoms with E-state index in [0.29, 0.717) is 0 Å². The van der Waals surface area contributed by atoms with E-state index in [1.54, 1.807) is 6.08 Å². The molecule has 0 bridgehead atoms. The molecule has 196 valence electrons. The van der Waals surface area contributed by atoms with Crippen LogP contribution in [0, 0.1) is 10.8 Å². The van der Waals surface area contributed by atoms with Crippen molar-refractivity contribution in [3.05, 3.63) is 60.2 Å². The first-order chi connectivity index (χ1) is 16.2. The van der Waals surface area contributed by atoms with Crippen molar-refractivity contribution in [2.75, 3.05) is 18.0 Å². The fraction of sp³-hybridized carbons (Fsp3) is 0.552. The summed E-state index contributed by atoms with van der Waals surface area (Å²) in [5, 5.41) is 0. The van der Waals surface area contributed by atoms with Gasteiger partial charge in [-0.25, -0.2) is 0 Å². The largest absolute Gasteiger partial charge is 0.415 e. The fourth-order valence-corrected chi connectivity index (χ4v) is 5.89. The molecule has 0 aliphatic heterocycles. The molecule has 1 aromatic rings. The summed E-state index contributed by atoms with van der Waals surface area (Å²) in [7, 11) is -2.39. The second-order valence-electron chi connectivity index (χ2n) is 11.8. The second-order valence-corrected chi connectivity index (χ2v) is 16.6. The van der Waals surface area contributed by atoms with Gasteiger partial charge in [0.05, 0.1) is 12.2 Å². The Bertz CT molecular complexity index is 801. The Labute approximate surface area is 218 Å². The Morgan fingerprint density at radius 2 is 1.17 bits per heavy atom. The Hall–Kier alpha value is -1.74. The van der Waals surface area contributed by atoms with Crippen molar-refractivity contribution in [3.63, 3.8) is 0 Å². The number of hydrogen-bond donors (Lipinski definition) is 0. The Morgan fingerprint density at radius 3 is 1.57 bits per heavy atom. The predicted molar refractivity (Wildman–Crippen MR) is 158 cm³/mol. The molecule has 0 spiro atoms. The van der Waals surface area contributed by atoms with E-state index >= 15 is 0 Å². The van der Waals surface area contributed by atoms with Gasteiger partial charge in [0.2, 0.25) is 0 Å². The van der Waals surface area contributed by atoms with E-state index < -0.39 is 18.1 Å². The third kappa shape index (κ3) is 12.7. The maximum atomic E-state index is 10.3. The summed E-state index contributed by atoms with van der Waals surface area (Å²) >= 11 is 0. The van der Waals surface area contributed by atoms with Gasteiger partial charge in [-0.15, -0.1) is 0 Å². The smallest absolute Gasteiger partial charge is 0.171 e. The van der Waals surface area contributed by atoms with Crippen LogP contribution in [0.3, 0.4) is 0 Å². The molecule has 0 amide bonds. The van der Waals surface area contributed by atoms with E-state index in [2.05, 4.69) is 103 Å². The monoisotopic (exact) mass is 515 g/mol. The SMILES string of the molecule is C[SiH](C)OC(CN(CC(O[SiH](C)C)C(C)(C)C)c1ccc(C=CC=CC=CC=O)cc1)C(C)(C)C. The summed E-state index contributed by atoms with van der Waals surface area (Å²) < 4.78 is 13.1. The van der Waals surface area contributed by atoms with Crippen molar-refractivity contribution < 1.29 is 13.6 Å². The molecule has 0 saturated heterocycles. The summed E-state index contributed by atoms with van der Waals surface area (Å²) in [6.07, 6.45) is 12.1. The third-order valence-corrected chi connectivity index (χ3v) is 7.39. The van der Waals surface area contributed by atoms with E-state index in [0.717, 1.165) is 24.9 Å². The number of rotatable bonds is 13. The summed E-state index contributed by atoms with van der Waals surface area (Å²) in [5.74, 6) is 0. The third-order valence-electron chi connectivity index (χ3n) is 5.65. The van der Waals surface area contributed by atoms with E-state index in [-0.39, 0.29) is 23.0 Å². The molecule has 2 atom stereocenters. The van der Waals surface area contributed by atoms with Crippen LogP contribution in [-0.2, 0) is 13.6 Å². The lowest BCUT2D eigenvalue weighted by Crippen LogP contribution is -2.49. The van der Waals surface area contributed by atoms with Gasteiger partial charge in [0.25, 0.3) is 0 Å². The van der Waals surface area contributed by atoms with Crippen molar-refractivity contribution in [1.82, 2.24) is 0 Å². The highest BCUT2D eigenvalue weighted by Crippen LogP contribution is 2.30. The average Bonchev–Trinajstić information content (AvgIpc) is 2.73. The van der Waals surface area contributed by atoms with E-state index in [1.165, 1.54) is 11.8 Å². The van der Waals surface area contributed by atoms with E-state index in [4.69, 9.17) is 8.85 Å². The minimum atomic E-state index is -1.20. The Kier molecular flexibility index (Phi) is 13.2. The summed E-state index contributed by atoms with van der Waals surface area (Å²) in [4.78, 5) is 12.8. The lowest BCUT2D eigenvalue weighted by atomic mass is 9.87. The zero-order valence-electron chi connectivity index (χ0n) is 23.7.